The van der Waals surface area contributed by atoms with Gasteiger partial charge in [0.1, 0.15) is 5.75 Å². The molecule has 0 bridgehead atoms. The normalized spacial score (nSPS) is 14.8. The summed E-state index contributed by atoms with van der Waals surface area (Å²) in [6, 6.07) is 13.4. The third-order valence-electron chi connectivity index (χ3n) is 5.71. The number of piperidine rings is 1. The van der Waals surface area contributed by atoms with Gasteiger partial charge in [0.2, 0.25) is 5.88 Å². The number of hydrogen-bond donors (Lipinski definition) is 1. The minimum atomic E-state index is -3.22. The number of nitrogens with zero attached hydrogens (tertiary/aromatic N) is 3. The summed E-state index contributed by atoms with van der Waals surface area (Å²) < 4.78 is 29.0. The third-order valence-corrected chi connectivity index (χ3v) is 6.84. The van der Waals surface area contributed by atoms with E-state index in [2.05, 4.69) is 9.97 Å². The zero-order chi connectivity index (χ0) is 23.4. The minimum Gasteiger partial charge on any atom is -0.505 e. The maximum atomic E-state index is 12.6. The van der Waals surface area contributed by atoms with Crippen LogP contribution in [0.15, 0.2) is 65.8 Å². The zero-order valence-corrected chi connectivity index (χ0v) is 19.0. The molecule has 0 unspecified atom stereocenters. The van der Waals surface area contributed by atoms with Gasteiger partial charge in [-0.25, -0.2) is 18.4 Å². The molecule has 2 aromatic heterocycles. The van der Waals surface area contributed by atoms with Crippen molar-refractivity contribution in [2.45, 2.75) is 17.7 Å². The Bertz CT molecular complexity index is 1220. The lowest BCUT2D eigenvalue weighted by atomic mass is 9.97. The monoisotopic (exact) mass is 467 g/mol. The van der Waals surface area contributed by atoms with Crippen molar-refractivity contribution in [2.75, 3.05) is 26.0 Å². The van der Waals surface area contributed by atoms with Crippen molar-refractivity contribution in [3.8, 4) is 22.8 Å². The summed E-state index contributed by atoms with van der Waals surface area (Å²) >= 11 is 0. The van der Waals surface area contributed by atoms with Crippen LogP contribution in [0.2, 0.25) is 0 Å². The van der Waals surface area contributed by atoms with Crippen LogP contribution in [0.5, 0.6) is 11.6 Å². The predicted molar refractivity (Wildman–Crippen MR) is 123 cm³/mol. The molecule has 1 aliphatic rings. The Morgan fingerprint density at radius 1 is 1.06 bits per heavy atom. The maximum absolute atomic E-state index is 12.6. The molecule has 1 fully saturated rings. The van der Waals surface area contributed by atoms with Gasteiger partial charge in [-0.15, -0.1) is 0 Å². The molecule has 33 heavy (non-hydrogen) atoms. The molecule has 0 aliphatic carbocycles. The minimum absolute atomic E-state index is 0.0856. The Morgan fingerprint density at radius 3 is 2.36 bits per heavy atom. The Hall–Kier alpha value is -3.46. The molecule has 1 aliphatic heterocycles. The van der Waals surface area contributed by atoms with Crippen LogP contribution in [-0.4, -0.2) is 60.3 Å². The van der Waals surface area contributed by atoms with E-state index in [1.807, 2.05) is 6.07 Å². The lowest BCUT2D eigenvalue weighted by molar-refractivity contribution is 0.0650. The number of pyridine rings is 2. The maximum Gasteiger partial charge on any atom is 0.276 e. The molecular formula is C24H25N3O5S. The van der Waals surface area contributed by atoms with Crippen LogP contribution in [0.1, 0.15) is 23.3 Å². The van der Waals surface area contributed by atoms with Crippen LogP contribution in [0.25, 0.3) is 11.1 Å². The van der Waals surface area contributed by atoms with Crippen LogP contribution in [0.4, 0.5) is 0 Å². The molecule has 3 aromatic rings. The van der Waals surface area contributed by atoms with Crippen molar-refractivity contribution in [1.29, 1.82) is 0 Å². The number of ether oxygens (including phenoxy) is 1. The third kappa shape index (κ3) is 5.48. The fraction of sp³-hybridized carbons (Fsp3) is 0.292. The second-order valence-electron chi connectivity index (χ2n) is 8.10. The summed E-state index contributed by atoms with van der Waals surface area (Å²) in [5.41, 5.74) is 1.83. The number of carbonyl (C=O) groups is 1. The number of carbonyl (C=O) groups excluding carboxylic acids is 1. The number of hydrogen-bond acceptors (Lipinski definition) is 7. The highest BCUT2D eigenvalue weighted by molar-refractivity contribution is 7.90. The van der Waals surface area contributed by atoms with Crippen LogP contribution in [0.3, 0.4) is 0 Å². The Balaban J connectivity index is 1.28. The molecular weight excluding hydrogens is 442 g/mol. The number of sulfone groups is 1. The van der Waals surface area contributed by atoms with E-state index < -0.39 is 9.84 Å². The second-order valence-corrected chi connectivity index (χ2v) is 10.1. The lowest BCUT2D eigenvalue weighted by Crippen LogP contribution is -2.40. The SMILES string of the molecule is CS(=O)(=O)c1ccc(-c2ccc(OCC3CCN(C(=O)c4ncccc4O)CC3)nc2)cc1. The molecule has 8 nitrogen and oxygen atoms in total. The quantitative estimate of drug-likeness (QED) is 0.593. The van der Waals surface area contributed by atoms with E-state index >= 15 is 0 Å². The fourth-order valence-electron chi connectivity index (χ4n) is 3.75. The van der Waals surface area contributed by atoms with E-state index in [0.29, 0.717) is 31.5 Å². The number of likely N-dealkylation sites (tertiary alicyclic amines) is 1. The van der Waals surface area contributed by atoms with E-state index in [-0.39, 0.29) is 22.2 Å². The smallest absolute Gasteiger partial charge is 0.276 e. The Labute approximate surface area is 192 Å². The van der Waals surface area contributed by atoms with Gasteiger partial charge in [-0.3, -0.25) is 4.79 Å². The van der Waals surface area contributed by atoms with E-state index in [1.165, 1.54) is 18.5 Å². The van der Waals surface area contributed by atoms with Crippen molar-refractivity contribution in [1.82, 2.24) is 14.9 Å². The first-order valence-corrected chi connectivity index (χ1v) is 12.5. The molecule has 3 heterocycles. The summed E-state index contributed by atoms with van der Waals surface area (Å²) in [6.07, 6.45) is 5.97. The summed E-state index contributed by atoms with van der Waals surface area (Å²) in [6.45, 7) is 1.67. The van der Waals surface area contributed by atoms with Gasteiger partial charge in [-0.05, 0) is 54.7 Å². The van der Waals surface area contributed by atoms with Gasteiger partial charge in [0.05, 0.1) is 11.5 Å². The molecule has 1 saturated heterocycles. The standard InChI is InChI=1S/C24H25N3O5S/c1-33(30,31)20-7-4-18(5-8-20)19-6-9-22(26-15-19)32-16-17-10-13-27(14-11-17)24(29)23-21(28)3-2-12-25-23/h2-9,12,15,17,28H,10-11,13-14,16H2,1H3. The second kappa shape index (κ2) is 9.58. The predicted octanol–water partition coefficient (Wildman–Crippen LogP) is 3.18. The largest absolute Gasteiger partial charge is 0.505 e. The Morgan fingerprint density at radius 2 is 1.76 bits per heavy atom. The van der Waals surface area contributed by atoms with Gasteiger partial charge in [-0.1, -0.05) is 12.1 Å². The Kier molecular flexibility index (Phi) is 6.60. The van der Waals surface area contributed by atoms with Crippen molar-refractivity contribution < 1.29 is 23.1 Å². The molecule has 1 amide bonds. The summed E-state index contributed by atoms with van der Waals surface area (Å²) in [5, 5.41) is 9.85. The van der Waals surface area contributed by atoms with Gasteiger partial charge < -0.3 is 14.7 Å². The molecule has 1 N–H and O–H groups in total. The van der Waals surface area contributed by atoms with Crippen molar-refractivity contribution in [3.63, 3.8) is 0 Å². The first-order valence-electron chi connectivity index (χ1n) is 10.6. The molecule has 172 valence electrons. The number of amides is 1. The molecule has 0 radical (unpaired) electrons. The molecule has 0 saturated carbocycles. The van der Waals surface area contributed by atoms with E-state index in [1.54, 1.807) is 47.5 Å². The van der Waals surface area contributed by atoms with Crippen LogP contribution < -0.4 is 4.74 Å². The topological polar surface area (TPSA) is 110 Å². The first-order chi connectivity index (χ1) is 15.8. The van der Waals surface area contributed by atoms with Gasteiger partial charge in [0.25, 0.3) is 5.91 Å². The van der Waals surface area contributed by atoms with E-state index in [4.69, 9.17) is 4.74 Å². The summed E-state index contributed by atoms with van der Waals surface area (Å²) in [7, 11) is -3.22. The molecule has 1 aromatic carbocycles. The summed E-state index contributed by atoms with van der Waals surface area (Å²) in [5.74, 6) is 0.461. The van der Waals surface area contributed by atoms with Gasteiger partial charge in [-0.2, -0.15) is 0 Å². The first kappa shape index (κ1) is 22.7. The number of benzene rings is 1. The summed E-state index contributed by atoms with van der Waals surface area (Å²) in [4.78, 5) is 22.9. The average Bonchev–Trinajstić information content (AvgIpc) is 2.83. The van der Waals surface area contributed by atoms with Crippen LogP contribution in [0, 0.1) is 5.92 Å². The average molecular weight is 468 g/mol. The molecule has 4 rings (SSSR count). The van der Waals surface area contributed by atoms with Gasteiger partial charge in [0, 0.05) is 43.4 Å². The highest BCUT2D eigenvalue weighted by atomic mass is 32.2. The zero-order valence-electron chi connectivity index (χ0n) is 18.2. The number of aromatic hydroxyl groups is 1. The number of aromatic nitrogens is 2. The van der Waals surface area contributed by atoms with Gasteiger partial charge >= 0.3 is 0 Å². The van der Waals surface area contributed by atoms with Crippen LogP contribution >= 0.6 is 0 Å². The van der Waals surface area contributed by atoms with Crippen molar-refractivity contribution >= 4 is 15.7 Å². The number of rotatable bonds is 6. The molecule has 0 spiro atoms. The van der Waals surface area contributed by atoms with Gasteiger partial charge in [0.15, 0.2) is 15.5 Å². The highest BCUT2D eigenvalue weighted by Gasteiger charge is 2.26. The van der Waals surface area contributed by atoms with Crippen molar-refractivity contribution in [2.24, 2.45) is 5.92 Å². The molecule has 9 heteroatoms. The van der Waals surface area contributed by atoms with E-state index in [9.17, 15) is 18.3 Å². The van der Waals surface area contributed by atoms with E-state index in [0.717, 1.165) is 24.0 Å². The lowest BCUT2D eigenvalue weighted by Gasteiger charge is -2.31. The van der Waals surface area contributed by atoms with Crippen LogP contribution in [-0.2, 0) is 9.84 Å². The van der Waals surface area contributed by atoms with Crippen molar-refractivity contribution in [3.05, 3.63) is 66.6 Å². The fourth-order valence-corrected chi connectivity index (χ4v) is 4.38. The highest BCUT2D eigenvalue weighted by Crippen LogP contribution is 2.24. The molecule has 0 atom stereocenters.